The van der Waals surface area contributed by atoms with E-state index >= 15 is 0 Å². The fourth-order valence-electron chi connectivity index (χ4n) is 1.38. The SMILES string of the molecule is [N-]=[N+]=NCCOCCCC(=O)ON1C(=O)CCC1=O. The Morgan fingerprint density at radius 3 is 2.63 bits per heavy atom. The standard InChI is InChI=1S/C10H14N4O5/c11-13-12-5-7-18-6-1-2-10(17)19-14-8(15)3-4-9(14)16/h1-7H2. The number of hydroxylamine groups is 2. The van der Waals surface area contributed by atoms with Crippen LogP contribution in [0, 0.1) is 0 Å². The molecule has 19 heavy (non-hydrogen) atoms. The van der Waals surface area contributed by atoms with Crippen molar-refractivity contribution in [3.8, 4) is 0 Å². The zero-order valence-electron chi connectivity index (χ0n) is 10.3. The summed E-state index contributed by atoms with van der Waals surface area (Å²) >= 11 is 0. The van der Waals surface area contributed by atoms with Crippen molar-refractivity contribution >= 4 is 17.8 Å². The van der Waals surface area contributed by atoms with Gasteiger partial charge in [-0.2, -0.15) is 0 Å². The molecule has 0 unspecified atom stereocenters. The minimum atomic E-state index is -0.651. The second-order valence-corrected chi connectivity index (χ2v) is 3.72. The van der Waals surface area contributed by atoms with Crippen LogP contribution in [-0.4, -0.2) is 42.6 Å². The Morgan fingerprint density at radius 2 is 2.00 bits per heavy atom. The molecule has 0 saturated carbocycles. The van der Waals surface area contributed by atoms with Crippen LogP contribution >= 0.6 is 0 Å². The Bertz CT molecular complexity index is 389. The highest BCUT2D eigenvalue weighted by atomic mass is 16.7. The highest BCUT2D eigenvalue weighted by Crippen LogP contribution is 2.12. The van der Waals surface area contributed by atoms with E-state index in [2.05, 4.69) is 14.9 Å². The molecule has 2 amide bonds. The third-order valence-electron chi connectivity index (χ3n) is 2.27. The smallest absolute Gasteiger partial charge is 0.333 e. The maximum absolute atomic E-state index is 11.3. The summed E-state index contributed by atoms with van der Waals surface area (Å²) in [6, 6.07) is 0. The summed E-state index contributed by atoms with van der Waals surface area (Å²) in [4.78, 5) is 40.9. The van der Waals surface area contributed by atoms with Crippen molar-refractivity contribution in [1.29, 1.82) is 0 Å². The molecule has 0 aromatic carbocycles. The van der Waals surface area contributed by atoms with Gasteiger partial charge in [0.1, 0.15) is 0 Å². The Balaban J connectivity index is 2.09. The van der Waals surface area contributed by atoms with E-state index < -0.39 is 17.8 Å². The lowest BCUT2D eigenvalue weighted by Crippen LogP contribution is -2.32. The number of hydrogen-bond acceptors (Lipinski definition) is 6. The Kier molecular flexibility index (Phi) is 6.34. The zero-order chi connectivity index (χ0) is 14.1. The summed E-state index contributed by atoms with van der Waals surface area (Å²) in [5.74, 6) is -1.64. The lowest BCUT2D eigenvalue weighted by atomic mass is 10.3. The van der Waals surface area contributed by atoms with E-state index in [1.54, 1.807) is 0 Å². The summed E-state index contributed by atoms with van der Waals surface area (Å²) < 4.78 is 5.08. The maximum atomic E-state index is 11.3. The molecule has 0 bridgehead atoms. The minimum absolute atomic E-state index is 0.0403. The molecule has 9 nitrogen and oxygen atoms in total. The largest absolute Gasteiger partial charge is 0.381 e. The first-order valence-corrected chi connectivity index (χ1v) is 5.80. The van der Waals surface area contributed by atoms with Crippen molar-refractivity contribution in [1.82, 2.24) is 5.06 Å². The van der Waals surface area contributed by atoms with Gasteiger partial charge in [-0.25, -0.2) is 4.79 Å². The van der Waals surface area contributed by atoms with Crippen molar-refractivity contribution in [2.24, 2.45) is 5.11 Å². The van der Waals surface area contributed by atoms with E-state index in [4.69, 9.17) is 10.3 Å². The van der Waals surface area contributed by atoms with E-state index in [1.165, 1.54) is 0 Å². The van der Waals surface area contributed by atoms with Gasteiger partial charge in [-0.05, 0) is 12.0 Å². The van der Waals surface area contributed by atoms with Crippen LogP contribution in [0.15, 0.2) is 5.11 Å². The average Bonchev–Trinajstić information content (AvgIpc) is 2.69. The van der Waals surface area contributed by atoms with Crippen molar-refractivity contribution in [3.05, 3.63) is 10.4 Å². The molecule has 0 aromatic rings. The summed E-state index contributed by atoms with van der Waals surface area (Å²) in [6.07, 6.45) is 0.590. The van der Waals surface area contributed by atoms with Crippen molar-refractivity contribution in [3.63, 3.8) is 0 Å². The van der Waals surface area contributed by atoms with Gasteiger partial charge in [-0.1, -0.05) is 5.11 Å². The van der Waals surface area contributed by atoms with Crippen LogP contribution in [0.3, 0.4) is 0 Å². The predicted octanol–water partition coefficient (Wildman–Crippen LogP) is 0.701. The third-order valence-corrected chi connectivity index (χ3v) is 2.27. The molecule has 1 heterocycles. The predicted molar refractivity (Wildman–Crippen MR) is 61.2 cm³/mol. The van der Waals surface area contributed by atoms with Crippen LogP contribution in [-0.2, 0) is 24.0 Å². The third kappa shape index (κ3) is 5.36. The van der Waals surface area contributed by atoms with Gasteiger partial charge in [0.05, 0.1) is 13.0 Å². The highest BCUT2D eigenvalue weighted by Gasteiger charge is 2.32. The summed E-state index contributed by atoms with van der Waals surface area (Å²) in [7, 11) is 0. The van der Waals surface area contributed by atoms with Crippen LogP contribution in [0.5, 0.6) is 0 Å². The molecule has 104 valence electrons. The van der Waals surface area contributed by atoms with Gasteiger partial charge in [0.2, 0.25) is 0 Å². The molecule has 1 saturated heterocycles. The molecule has 0 radical (unpaired) electrons. The first-order valence-electron chi connectivity index (χ1n) is 5.80. The highest BCUT2D eigenvalue weighted by molar-refractivity contribution is 6.01. The fraction of sp³-hybridized carbons (Fsp3) is 0.700. The second kappa shape index (κ2) is 8.06. The molecule has 0 N–H and O–H groups in total. The number of carbonyl (C=O) groups excluding carboxylic acids is 3. The van der Waals surface area contributed by atoms with Crippen LogP contribution in [0.25, 0.3) is 10.4 Å². The molecular weight excluding hydrogens is 256 g/mol. The molecule has 1 rings (SSSR count). The maximum Gasteiger partial charge on any atom is 0.333 e. The van der Waals surface area contributed by atoms with Gasteiger partial charge in [0.25, 0.3) is 11.8 Å². The lowest BCUT2D eigenvalue weighted by Gasteiger charge is -2.12. The summed E-state index contributed by atoms with van der Waals surface area (Å²) in [6.45, 7) is 0.817. The second-order valence-electron chi connectivity index (χ2n) is 3.72. The van der Waals surface area contributed by atoms with E-state index in [1.807, 2.05) is 0 Å². The van der Waals surface area contributed by atoms with Gasteiger partial charge in [-0.3, -0.25) is 9.59 Å². The van der Waals surface area contributed by atoms with E-state index in [0.29, 0.717) is 18.1 Å². The number of hydrogen-bond donors (Lipinski definition) is 0. The van der Waals surface area contributed by atoms with Gasteiger partial charge >= 0.3 is 5.97 Å². The lowest BCUT2D eigenvalue weighted by molar-refractivity contribution is -0.197. The average molecular weight is 270 g/mol. The van der Waals surface area contributed by atoms with Crippen molar-refractivity contribution in [2.45, 2.75) is 25.7 Å². The van der Waals surface area contributed by atoms with Gasteiger partial charge < -0.3 is 9.57 Å². The first-order chi connectivity index (χ1) is 9.15. The number of amides is 2. The number of nitrogens with zero attached hydrogens (tertiary/aromatic N) is 4. The topological polar surface area (TPSA) is 122 Å². The van der Waals surface area contributed by atoms with Crippen LogP contribution in [0.2, 0.25) is 0 Å². The molecular formula is C10H14N4O5. The van der Waals surface area contributed by atoms with Gasteiger partial charge in [-0.15, -0.1) is 5.06 Å². The number of rotatable bonds is 8. The molecule has 1 aliphatic rings. The summed E-state index contributed by atoms with van der Waals surface area (Å²) in [5, 5.41) is 3.79. The molecule has 1 aliphatic heterocycles. The molecule has 0 spiro atoms. The number of azide groups is 1. The van der Waals surface area contributed by atoms with Gasteiger partial charge in [0.15, 0.2) is 0 Å². The van der Waals surface area contributed by atoms with E-state index in [-0.39, 0.29) is 32.4 Å². The normalized spacial score (nSPS) is 14.4. The number of ether oxygens (including phenoxy) is 1. The minimum Gasteiger partial charge on any atom is -0.381 e. The molecule has 1 fully saturated rings. The Morgan fingerprint density at radius 1 is 1.32 bits per heavy atom. The van der Waals surface area contributed by atoms with E-state index in [9.17, 15) is 14.4 Å². The fourth-order valence-corrected chi connectivity index (χ4v) is 1.38. The zero-order valence-corrected chi connectivity index (χ0v) is 10.3. The van der Waals surface area contributed by atoms with E-state index in [0.717, 1.165) is 0 Å². The van der Waals surface area contributed by atoms with Crippen LogP contribution < -0.4 is 0 Å². The van der Waals surface area contributed by atoms with Crippen LogP contribution in [0.4, 0.5) is 0 Å². The molecule has 9 heteroatoms. The number of carbonyl (C=O) groups is 3. The van der Waals surface area contributed by atoms with Crippen molar-refractivity contribution in [2.75, 3.05) is 19.8 Å². The number of imide groups is 1. The summed E-state index contributed by atoms with van der Waals surface area (Å²) in [5.41, 5.74) is 8.00. The monoisotopic (exact) mass is 270 g/mol. The molecule has 0 atom stereocenters. The Labute approximate surface area is 109 Å². The molecule has 0 aromatic heterocycles. The van der Waals surface area contributed by atoms with Crippen LogP contribution in [0.1, 0.15) is 25.7 Å². The first kappa shape index (κ1) is 14.9. The Hall–Kier alpha value is -2.12. The quantitative estimate of drug-likeness (QED) is 0.211. The molecule has 0 aliphatic carbocycles. The van der Waals surface area contributed by atoms with Gasteiger partial charge in [0, 0.05) is 30.9 Å². The van der Waals surface area contributed by atoms with Crippen molar-refractivity contribution < 1.29 is 24.0 Å².